The minimum atomic E-state index is 0.443. The van der Waals surface area contributed by atoms with Gasteiger partial charge >= 0.3 is 0 Å². The molecule has 0 radical (unpaired) electrons. The number of hydrogen-bond donors (Lipinski definition) is 2. The van der Waals surface area contributed by atoms with Crippen molar-refractivity contribution in [2.75, 3.05) is 19.6 Å². The van der Waals surface area contributed by atoms with Crippen LogP contribution in [0.5, 0.6) is 0 Å². The second-order valence-corrected chi connectivity index (χ2v) is 5.46. The topological polar surface area (TPSA) is 50.9 Å². The van der Waals surface area contributed by atoms with Crippen LogP contribution < -0.4 is 11.1 Å². The first-order chi connectivity index (χ1) is 7.24. The highest BCUT2D eigenvalue weighted by Crippen LogP contribution is 2.43. The lowest BCUT2D eigenvalue weighted by Gasteiger charge is -2.12. The maximum atomic E-state index is 5.72. The van der Waals surface area contributed by atoms with Crippen molar-refractivity contribution in [3.8, 4) is 0 Å². The average molecular weight is 225 g/mol. The van der Waals surface area contributed by atoms with Crippen LogP contribution in [-0.4, -0.2) is 24.6 Å². The molecule has 3 nitrogen and oxygen atoms in total. The monoisotopic (exact) mass is 225 g/mol. The van der Waals surface area contributed by atoms with Gasteiger partial charge in [-0.1, -0.05) is 0 Å². The Labute approximate surface area is 95.1 Å². The number of thiazole rings is 1. The zero-order valence-electron chi connectivity index (χ0n) is 9.25. The van der Waals surface area contributed by atoms with E-state index in [1.54, 1.807) is 11.3 Å². The molecule has 0 atom stereocenters. The van der Waals surface area contributed by atoms with Gasteiger partial charge in [0.1, 0.15) is 0 Å². The molecular formula is C11H19N3S. The molecule has 15 heavy (non-hydrogen) atoms. The molecule has 1 heterocycles. The molecule has 2 rings (SSSR count). The van der Waals surface area contributed by atoms with Crippen molar-refractivity contribution >= 4 is 11.3 Å². The first-order valence-corrected chi connectivity index (χ1v) is 6.44. The molecule has 1 aromatic rings. The number of rotatable bonds is 6. The lowest BCUT2D eigenvalue weighted by Crippen LogP contribution is -2.30. The summed E-state index contributed by atoms with van der Waals surface area (Å²) in [5.74, 6) is 0. The minimum absolute atomic E-state index is 0.443. The van der Waals surface area contributed by atoms with Gasteiger partial charge in [-0.2, -0.15) is 0 Å². The summed E-state index contributed by atoms with van der Waals surface area (Å²) in [6.07, 6.45) is 3.64. The van der Waals surface area contributed by atoms with Crippen LogP contribution in [0, 0.1) is 12.3 Å². The zero-order chi connectivity index (χ0) is 10.7. The van der Waals surface area contributed by atoms with Gasteiger partial charge in [0.25, 0.3) is 0 Å². The van der Waals surface area contributed by atoms with Crippen LogP contribution in [0.1, 0.15) is 23.5 Å². The lowest BCUT2D eigenvalue weighted by atomic mass is 10.1. The fraction of sp³-hybridized carbons (Fsp3) is 0.727. The molecule has 0 unspecified atom stereocenters. The van der Waals surface area contributed by atoms with Crippen LogP contribution in [0.15, 0.2) is 5.38 Å². The molecule has 4 heteroatoms. The molecule has 0 aliphatic heterocycles. The Kier molecular flexibility index (Phi) is 3.38. The van der Waals surface area contributed by atoms with Gasteiger partial charge in [0.15, 0.2) is 0 Å². The summed E-state index contributed by atoms with van der Waals surface area (Å²) in [4.78, 5) is 4.43. The summed E-state index contributed by atoms with van der Waals surface area (Å²) < 4.78 is 0. The van der Waals surface area contributed by atoms with Crippen molar-refractivity contribution in [1.82, 2.24) is 10.3 Å². The fourth-order valence-electron chi connectivity index (χ4n) is 1.70. The van der Waals surface area contributed by atoms with Gasteiger partial charge in [-0.15, -0.1) is 11.3 Å². The fourth-order valence-corrected chi connectivity index (χ4v) is 2.47. The molecule has 84 valence electrons. The van der Waals surface area contributed by atoms with Crippen LogP contribution >= 0.6 is 11.3 Å². The molecule has 1 aliphatic rings. The highest BCUT2D eigenvalue weighted by atomic mass is 32.1. The summed E-state index contributed by atoms with van der Waals surface area (Å²) in [7, 11) is 0. The lowest BCUT2D eigenvalue weighted by molar-refractivity contribution is 0.470. The third-order valence-corrected chi connectivity index (χ3v) is 4.10. The molecule has 0 spiro atoms. The van der Waals surface area contributed by atoms with Crippen molar-refractivity contribution in [2.45, 2.75) is 26.2 Å². The van der Waals surface area contributed by atoms with E-state index in [4.69, 9.17) is 5.73 Å². The Balaban J connectivity index is 1.63. The zero-order valence-corrected chi connectivity index (χ0v) is 10.1. The first kappa shape index (κ1) is 11.0. The normalized spacial score (nSPS) is 18.0. The van der Waals surface area contributed by atoms with Crippen LogP contribution in [-0.2, 0) is 6.42 Å². The summed E-state index contributed by atoms with van der Waals surface area (Å²) in [5, 5.41) is 6.83. The smallest absolute Gasteiger partial charge is 0.0940 e. The highest BCUT2D eigenvalue weighted by Gasteiger charge is 2.40. The van der Waals surface area contributed by atoms with Gasteiger partial charge in [0.2, 0.25) is 0 Å². The molecule has 1 aliphatic carbocycles. The van der Waals surface area contributed by atoms with Crippen molar-refractivity contribution < 1.29 is 0 Å². The molecule has 0 amide bonds. The van der Waals surface area contributed by atoms with Crippen LogP contribution in [0.3, 0.4) is 0 Å². The van der Waals surface area contributed by atoms with E-state index in [9.17, 15) is 0 Å². The molecule has 3 N–H and O–H groups in total. The molecule has 1 fully saturated rings. The van der Waals surface area contributed by atoms with Crippen molar-refractivity contribution in [2.24, 2.45) is 11.1 Å². The SMILES string of the molecule is Cc1csc(CCNCC2(CN)CC2)n1. The van der Waals surface area contributed by atoms with E-state index in [2.05, 4.69) is 15.7 Å². The summed E-state index contributed by atoms with van der Waals surface area (Å²) >= 11 is 1.75. The van der Waals surface area contributed by atoms with Crippen molar-refractivity contribution in [3.05, 3.63) is 16.1 Å². The number of hydrogen-bond acceptors (Lipinski definition) is 4. The Morgan fingerprint density at radius 2 is 2.40 bits per heavy atom. The predicted octanol–water partition coefficient (Wildman–Crippen LogP) is 1.32. The number of aromatic nitrogens is 1. The van der Waals surface area contributed by atoms with Crippen molar-refractivity contribution in [3.63, 3.8) is 0 Å². The van der Waals surface area contributed by atoms with Gasteiger partial charge in [-0.25, -0.2) is 4.98 Å². The van der Waals surface area contributed by atoms with Crippen LogP contribution in [0.25, 0.3) is 0 Å². The van der Waals surface area contributed by atoms with Gasteiger partial charge in [0.05, 0.1) is 5.01 Å². The molecule has 0 bridgehead atoms. The quantitative estimate of drug-likeness (QED) is 0.718. The second-order valence-electron chi connectivity index (χ2n) is 4.51. The maximum absolute atomic E-state index is 5.72. The maximum Gasteiger partial charge on any atom is 0.0940 e. The molecular weight excluding hydrogens is 206 g/mol. The predicted molar refractivity (Wildman–Crippen MR) is 64.1 cm³/mol. The van der Waals surface area contributed by atoms with E-state index in [0.29, 0.717) is 5.41 Å². The van der Waals surface area contributed by atoms with E-state index in [-0.39, 0.29) is 0 Å². The van der Waals surface area contributed by atoms with Crippen LogP contribution in [0.2, 0.25) is 0 Å². The van der Waals surface area contributed by atoms with E-state index in [1.807, 2.05) is 6.92 Å². The number of nitrogens with one attached hydrogen (secondary N) is 1. The van der Waals surface area contributed by atoms with E-state index in [0.717, 1.165) is 31.7 Å². The van der Waals surface area contributed by atoms with Gasteiger partial charge in [0, 0.05) is 30.6 Å². The molecule has 0 aromatic carbocycles. The molecule has 0 saturated heterocycles. The summed E-state index contributed by atoms with van der Waals surface area (Å²) in [6, 6.07) is 0. The Hall–Kier alpha value is -0.450. The van der Waals surface area contributed by atoms with E-state index in [1.165, 1.54) is 17.8 Å². The average Bonchev–Trinajstić information content (AvgIpc) is 2.91. The van der Waals surface area contributed by atoms with E-state index >= 15 is 0 Å². The Morgan fingerprint density at radius 1 is 1.60 bits per heavy atom. The largest absolute Gasteiger partial charge is 0.330 e. The third kappa shape index (κ3) is 3.00. The Bertz CT molecular complexity index is 317. The number of nitrogens with two attached hydrogens (primary N) is 1. The van der Waals surface area contributed by atoms with Crippen LogP contribution in [0.4, 0.5) is 0 Å². The third-order valence-electron chi connectivity index (χ3n) is 3.07. The first-order valence-electron chi connectivity index (χ1n) is 5.56. The standard InChI is InChI=1S/C11H19N3S/c1-9-6-15-10(14-9)2-5-13-8-11(7-12)3-4-11/h6,13H,2-5,7-8,12H2,1H3. The van der Waals surface area contributed by atoms with Gasteiger partial charge in [-0.3, -0.25) is 0 Å². The summed E-state index contributed by atoms with van der Waals surface area (Å²) in [6.45, 7) is 4.97. The van der Waals surface area contributed by atoms with Gasteiger partial charge < -0.3 is 11.1 Å². The van der Waals surface area contributed by atoms with Crippen molar-refractivity contribution in [1.29, 1.82) is 0 Å². The van der Waals surface area contributed by atoms with Gasteiger partial charge in [-0.05, 0) is 31.7 Å². The van der Waals surface area contributed by atoms with E-state index < -0.39 is 0 Å². The second kappa shape index (κ2) is 4.60. The summed E-state index contributed by atoms with van der Waals surface area (Å²) in [5.41, 5.74) is 7.29. The number of nitrogens with zero attached hydrogens (tertiary/aromatic N) is 1. The molecule has 1 aromatic heterocycles. The Morgan fingerprint density at radius 3 is 2.93 bits per heavy atom. The molecule has 1 saturated carbocycles. The number of aryl methyl sites for hydroxylation is 1. The highest BCUT2D eigenvalue weighted by molar-refractivity contribution is 7.09. The minimum Gasteiger partial charge on any atom is -0.330 e.